The van der Waals surface area contributed by atoms with Gasteiger partial charge in [-0.1, -0.05) is 31.9 Å². The molecule has 1 aromatic carbocycles. The molecule has 1 aromatic rings. The highest BCUT2D eigenvalue weighted by molar-refractivity contribution is 5.26. The van der Waals surface area contributed by atoms with Crippen molar-refractivity contribution in [2.45, 2.75) is 51.4 Å². The van der Waals surface area contributed by atoms with Crippen LogP contribution in [0.3, 0.4) is 0 Å². The first-order chi connectivity index (χ1) is 10.7. The number of methoxy groups -OCH3 is 1. The molecule has 124 valence electrons. The molecule has 1 fully saturated rings. The molecule has 2 rings (SSSR count). The van der Waals surface area contributed by atoms with E-state index in [4.69, 9.17) is 9.47 Å². The molecule has 4 heteroatoms. The van der Waals surface area contributed by atoms with Gasteiger partial charge >= 0.3 is 0 Å². The summed E-state index contributed by atoms with van der Waals surface area (Å²) >= 11 is 0. The third-order valence-corrected chi connectivity index (χ3v) is 4.47. The molecular weight excluding hydrogens is 278 g/mol. The van der Waals surface area contributed by atoms with Gasteiger partial charge in [-0.3, -0.25) is 0 Å². The quantitative estimate of drug-likeness (QED) is 0.775. The van der Waals surface area contributed by atoms with Crippen molar-refractivity contribution in [1.82, 2.24) is 5.32 Å². The largest absolute Gasteiger partial charge is 0.497 e. The molecule has 0 saturated heterocycles. The molecule has 1 aliphatic rings. The second-order valence-electron chi connectivity index (χ2n) is 6.29. The van der Waals surface area contributed by atoms with E-state index in [1.807, 2.05) is 24.3 Å². The lowest BCUT2D eigenvalue weighted by Gasteiger charge is -2.30. The summed E-state index contributed by atoms with van der Waals surface area (Å²) in [5, 5.41) is 13.5. The van der Waals surface area contributed by atoms with E-state index in [2.05, 4.69) is 12.2 Å². The summed E-state index contributed by atoms with van der Waals surface area (Å²) in [4.78, 5) is 0. The maximum Gasteiger partial charge on any atom is 0.118 e. The molecule has 0 amide bonds. The number of ether oxygens (including phenoxy) is 2. The lowest BCUT2D eigenvalue weighted by atomic mass is 9.86. The number of aliphatic hydroxyl groups excluding tert-OH is 1. The second-order valence-corrected chi connectivity index (χ2v) is 6.29. The highest BCUT2D eigenvalue weighted by atomic mass is 16.5. The highest BCUT2D eigenvalue weighted by Crippen LogP contribution is 2.23. The van der Waals surface area contributed by atoms with Gasteiger partial charge in [-0.25, -0.2) is 0 Å². The fourth-order valence-corrected chi connectivity index (χ4v) is 3.00. The Morgan fingerprint density at radius 1 is 1.23 bits per heavy atom. The van der Waals surface area contributed by atoms with Crippen LogP contribution >= 0.6 is 0 Å². The predicted octanol–water partition coefficient (Wildman–Crippen LogP) is 2.74. The van der Waals surface area contributed by atoms with E-state index in [-0.39, 0.29) is 0 Å². The van der Waals surface area contributed by atoms with Crippen molar-refractivity contribution in [2.75, 3.05) is 20.3 Å². The molecule has 3 atom stereocenters. The van der Waals surface area contributed by atoms with Crippen molar-refractivity contribution >= 4 is 0 Å². The maximum atomic E-state index is 10.0. The van der Waals surface area contributed by atoms with Gasteiger partial charge in [-0.2, -0.15) is 0 Å². The first kappa shape index (κ1) is 17.3. The zero-order valence-electron chi connectivity index (χ0n) is 13.8. The SMILES string of the molecule is COc1ccc(COC[C@@H](O)CN[C@H]2CCCC[C@@H]2C)cc1. The van der Waals surface area contributed by atoms with E-state index in [1.165, 1.54) is 25.7 Å². The monoisotopic (exact) mass is 307 g/mol. The fourth-order valence-electron chi connectivity index (χ4n) is 3.00. The van der Waals surface area contributed by atoms with E-state index in [9.17, 15) is 5.11 Å². The third kappa shape index (κ3) is 5.59. The molecule has 0 unspecified atom stereocenters. The Labute approximate surface area is 133 Å². The Morgan fingerprint density at radius 2 is 1.95 bits per heavy atom. The van der Waals surface area contributed by atoms with Crippen molar-refractivity contribution < 1.29 is 14.6 Å². The summed E-state index contributed by atoms with van der Waals surface area (Å²) in [6, 6.07) is 8.34. The normalized spacial score (nSPS) is 23.2. The molecule has 2 N–H and O–H groups in total. The molecule has 1 saturated carbocycles. The van der Waals surface area contributed by atoms with Gasteiger partial charge in [-0.05, 0) is 36.5 Å². The van der Waals surface area contributed by atoms with E-state index < -0.39 is 6.10 Å². The van der Waals surface area contributed by atoms with Crippen LogP contribution in [0.25, 0.3) is 0 Å². The molecule has 0 spiro atoms. The molecule has 4 nitrogen and oxygen atoms in total. The van der Waals surface area contributed by atoms with Gasteiger partial charge in [0.2, 0.25) is 0 Å². The van der Waals surface area contributed by atoms with Gasteiger partial charge in [0.25, 0.3) is 0 Å². The zero-order valence-corrected chi connectivity index (χ0v) is 13.8. The Kier molecular flexibility index (Phi) is 7.16. The van der Waals surface area contributed by atoms with E-state index in [1.54, 1.807) is 7.11 Å². The van der Waals surface area contributed by atoms with Crippen LogP contribution in [-0.2, 0) is 11.3 Å². The lowest BCUT2D eigenvalue weighted by Crippen LogP contribution is -2.42. The van der Waals surface area contributed by atoms with Crippen molar-refractivity contribution in [3.8, 4) is 5.75 Å². The van der Waals surface area contributed by atoms with Gasteiger partial charge < -0.3 is 19.9 Å². The summed E-state index contributed by atoms with van der Waals surface area (Å²) in [6.45, 7) is 3.78. The Balaban J connectivity index is 1.61. The Bertz CT molecular complexity index is 421. The van der Waals surface area contributed by atoms with Crippen LogP contribution in [0.2, 0.25) is 0 Å². The number of benzene rings is 1. The van der Waals surface area contributed by atoms with Crippen LogP contribution in [0.15, 0.2) is 24.3 Å². The molecule has 0 radical (unpaired) electrons. The summed E-state index contributed by atoms with van der Waals surface area (Å²) in [5.41, 5.74) is 1.09. The molecular formula is C18H29NO3. The summed E-state index contributed by atoms with van der Waals surface area (Å²) in [7, 11) is 1.65. The summed E-state index contributed by atoms with van der Waals surface area (Å²) in [5.74, 6) is 1.55. The van der Waals surface area contributed by atoms with Gasteiger partial charge in [0.1, 0.15) is 5.75 Å². The summed E-state index contributed by atoms with van der Waals surface area (Å²) in [6.07, 6.45) is 4.70. The van der Waals surface area contributed by atoms with Crippen molar-refractivity contribution in [1.29, 1.82) is 0 Å². The second kappa shape index (κ2) is 9.13. The number of aliphatic hydroxyl groups is 1. The first-order valence-corrected chi connectivity index (χ1v) is 8.31. The minimum absolute atomic E-state index is 0.361. The van der Waals surface area contributed by atoms with Gasteiger partial charge in [0, 0.05) is 12.6 Å². The number of hydrogen-bond donors (Lipinski definition) is 2. The molecule has 1 aliphatic carbocycles. The van der Waals surface area contributed by atoms with Crippen LogP contribution in [-0.4, -0.2) is 37.5 Å². The summed E-state index contributed by atoms with van der Waals surface area (Å²) < 4.78 is 10.7. The molecule has 0 heterocycles. The van der Waals surface area contributed by atoms with Crippen LogP contribution in [0.4, 0.5) is 0 Å². The Morgan fingerprint density at radius 3 is 2.64 bits per heavy atom. The average molecular weight is 307 g/mol. The minimum atomic E-state index is -0.452. The third-order valence-electron chi connectivity index (χ3n) is 4.47. The predicted molar refractivity (Wildman–Crippen MR) is 88.1 cm³/mol. The number of nitrogens with one attached hydrogen (secondary N) is 1. The standard InChI is InChI=1S/C18H29NO3/c1-14-5-3-4-6-18(14)19-11-16(20)13-22-12-15-7-9-17(21-2)10-8-15/h7-10,14,16,18-20H,3-6,11-13H2,1-2H3/t14-,16-,18-/m0/s1. The number of hydrogen-bond acceptors (Lipinski definition) is 4. The molecule has 0 aromatic heterocycles. The van der Waals surface area contributed by atoms with Crippen molar-refractivity contribution in [2.24, 2.45) is 5.92 Å². The van der Waals surface area contributed by atoms with Crippen molar-refractivity contribution in [3.63, 3.8) is 0 Å². The van der Waals surface area contributed by atoms with Gasteiger partial charge in [0.15, 0.2) is 0 Å². The average Bonchev–Trinajstić information content (AvgIpc) is 2.55. The maximum absolute atomic E-state index is 10.0. The van der Waals surface area contributed by atoms with Crippen molar-refractivity contribution in [3.05, 3.63) is 29.8 Å². The highest BCUT2D eigenvalue weighted by Gasteiger charge is 2.21. The molecule has 22 heavy (non-hydrogen) atoms. The number of rotatable bonds is 8. The first-order valence-electron chi connectivity index (χ1n) is 8.31. The van der Waals surface area contributed by atoms with Crippen LogP contribution in [0.1, 0.15) is 38.2 Å². The van der Waals surface area contributed by atoms with Gasteiger partial charge in [-0.15, -0.1) is 0 Å². The van der Waals surface area contributed by atoms with Crippen LogP contribution in [0.5, 0.6) is 5.75 Å². The van der Waals surface area contributed by atoms with Crippen LogP contribution < -0.4 is 10.1 Å². The minimum Gasteiger partial charge on any atom is -0.497 e. The molecule has 0 aliphatic heterocycles. The lowest BCUT2D eigenvalue weighted by molar-refractivity contribution is 0.0260. The van der Waals surface area contributed by atoms with Gasteiger partial charge in [0.05, 0.1) is 26.4 Å². The topological polar surface area (TPSA) is 50.7 Å². The fraction of sp³-hybridized carbons (Fsp3) is 0.667. The zero-order chi connectivity index (χ0) is 15.8. The van der Waals surface area contributed by atoms with E-state index in [0.29, 0.717) is 31.7 Å². The van der Waals surface area contributed by atoms with Crippen LogP contribution in [0, 0.1) is 5.92 Å². The molecule has 0 bridgehead atoms. The smallest absolute Gasteiger partial charge is 0.118 e. The Hall–Kier alpha value is -1.10. The van der Waals surface area contributed by atoms with E-state index >= 15 is 0 Å². The van der Waals surface area contributed by atoms with E-state index in [0.717, 1.165) is 11.3 Å².